The molecule has 0 spiro atoms. The van der Waals surface area contributed by atoms with Crippen molar-refractivity contribution < 1.29 is 0 Å². The van der Waals surface area contributed by atoms with E-state index in [0.29, 0.717) is 0 Å². The van der Waals surface area contributed by atoms with Gasteiger partial charge in [-0.3, -0.25) is 9.80 Å². The van der Waals surface area contributed by atoms with Gasteiger partial charge in [0.25, 0.3) is 0 Å². The molecular formula is C16H31N3. The molecule has 19 heavy (non-hydrogen) atoms. The Kier molecular flexibility index (Phi) is 4.78. The van der Waals surface area contributed by atoms with Gasteiger partial charge in [-0.2, -0.15) is 0 Å². The molecule has 2 unspecified atom stereocenters. The lowest BCUT2D eigenvalue weighted by molar-refractivity contribution is 0.0996. The Bertz CT molecular complexity index is 275. The monoisotopic (exact) mass is 265 g/mol. The van der Waals surface area contributed by atoms with Crippen LogP contribution in [0.25, 0.3) is 0 Å². The minimum atomic E-state index is 0.861. The topological polar surface area (TPSA) is 18.5 Å². The molecule has 0 aromatic carbocycles. The van der Waals surface area contributed by atoms with Gasteiger partial charge >= 0.3 is 0 Å². The maximum Gasteiger partial charge on any atom is 0.0263 e. The quantitative estimate of drug-likeness (QED) is 0.838. The highest BCUT2D eigenvalue weighted by Gasteiger charge is 2.38. The van der Waals surface area contributed by atoms with Gasteiger partial charge < -0.3 is 5.32 Å². The molecule has 3 heterocycles. The highest BCUT2D eigenvalue weighted by atomic mass is 15.3. The van der Waals surface area contributed by atoms with E-state index in [-0.39, 0.29) is 0 Å². The smallest absolute Gasteiger partial charge is 0.0263 e. The third-order valence-electron chi connectivity index (χ3n) is 5.65. The zero-order valence-corrected chi connectivity index (χ0v) is 12.6. The summed E-state index contributed by atoms with van der Waals surface area (Å²) >= 11 is 0. The Hall–Kier alpha value is -0.120. The molecule has 0 radical (unpaired) electrons. The summed E-state index contributed by atoms with van der Waals surface area (Å²) in [6.45, 7) is 10.2. The first-order valence-electron chi connectivity index (χ1n) is 8.57. The molecule has 0 aromatic heterocycles. The number of piperidine rings is 2. The van der Waals surface area contributed by atoms with Gasteiger partial charge in [0, 0.05) is 25.2 Å². The Morgan fingerprint density at radius 1 is 1.05 bits per heavy atom. The molecule has 3 saturated heterocycles. The summed E-state index contributed by atoms with van der Waals surface area (Å²) in [4.78, 5) is 5.60. The predicted molar refractivity (Wildman–Crippen MR) is 80.5 cm³/mol. The number of rotatable bonds is 4. The van der Waals surface area contributed by atoms with E-state index in [1.54, 1.807) is 0 Å². The van der Waals surface area contributed by atoms with E-state index in [0.717, 1.165) is 18.0 Å². The second kappa shape index (κ2) is 6.55. The number of nitrogens with zero attached hydrogens (tertiary/aromatic N) is 2. The standard InChI is InChI=1S/C16H31N3/c1-2-18(13-14-6-9-17-10-7-14)16-8-12-19-11-4-3-5-15(16)19/h14-17H,2-13H2,1H3. The van der Waals surface area contributed by atoms with Crippen LogP contribution in [0.4, 0.5) is 0 Å². The lowest BCUT2D eigenvalue weighted by Crippen LogP contribution is -2.49. The van der Waals surface area contributed by atoms with Crippen LogP contribution in [-0.4, -0.2) is 61.2 Å². The van der Waals surface area contributed by atoms with Crippen LogP contribution in [-0.2, 0) is 0 Å². The fourth-order valence-electron chi connectivity index (χ4n) is 4.54. The second-order valence-electron chi connectivity index (χ2n) is 6.74. The molecule has 3 aliphatic heterocycles. The minimum absolute atomic E-state index is 0.861. The summed E-state index contributed by atoms with van der Waals surface area (Å²) < 4.78 is 0. The van der Waals surface area contributed by atoms with Crippen molar-refractivity contribution in [1.29, 1.82) is 0 Å². The third kappa shape index (κ3) is 3.14. The van der Waals surface area contributed by atoms with Crippen molar-refractivity contribution in [1.82, 2.24) is 15.1 Å². The highest BCUT2D eigenvalue weighted by Crippen LogP contribution is 2.31. The van der Waals surface area contributed by atoms with Crippen LogP contribution in [0.3, 0.4) is 0 Å². The van der Waals surface area contributed by atoms with Crippen LogP contribution in [0.2, 0.25) is 0 Å². The second-order valence-corrected chi connectivity index (χ2v) is 6.74. The van der Waals surface area contributed by atoms with Crippen molar-refractivity contribution in [2.75, 3.05) is 39.3 Å². The van der Waals surface area contributed by atoms with Crippen molar-refractivity contribution >= 4 is 0 Å². The van der Waals surface area contributed by atoms with Crippen LogP contribution in [0.15, 0.2) is 0 Å². The van der Waals surface area contributed by atoms with Crippen LogP contribution in [0.1, 0.15) is 45.4 Å². The third-order valence-corrected chi connectivity index (χ3v) is 5.65. The van der Waals surface area contributed by atoms with Gasteiger partial charge in [-0.05, 0) is 64.2 Å². The first-order valence-corrected chi connectivity index (χ1v) is 8.57. The average molecular weight is 265 g/mol. The zero-order chi connectivity index (χ0) is 13.1. The van der Waals surface area contributed by atoms with Crippen molar-refractivity contribution in [3.63, 3.8) is 0 Å². The summed E-state index contributed by atoms with van der Waals surface area (Å²) in [6.07, 6.45) is 8.54. The summed E-state index contributed by atoms with van der Waals surface area (Å²) in [6, 6.07) is 1.75. The molecule has 3 rings (SSSR count). The van der Waals surface area contributed by atoms with Gasteiger partial charge in [0.2, 0.25) is 0 Å². The van der Waals surface area contributed by atoms with Crippen LogP contribution >= 0.6 is 0 Å². The molecule has 3 nitrogen and oxygen atoms in total. The summed E-state index contributed by atoms with van der Waals surface area (Å²) in [5.74, 6) is 0.943. The first-order chi connectivity index (χ1) is 9.38. The summed E-state index contributed by atoms with van der Waals surface area (Å²) in [7, 11) is 0. The fraction of sp³-hybridized carbons (Fsp3) is 1.00. The van der Waals surface area contributed by atoms with Crippen molar-refractivity contribution in [3.8, 4) is 0 Å². The van der Waals surface area contributed by atoms with E-state index in [9.17, 15) is 0 Å². The number of hydrogen-bond acceptors (Lipinski definition) is 3. The lowest BCUT2D eigenvalue weighted by Gasteiger charge is -2.39. The van der Waals surface area contributed by atoms with Gasteiger partial charge in [0.1, 0.15) is 0 Å². The molecular weight excluding hydrogens is 234 g/mol. The van der Waals surface area contributed by atoms with Crippen molar-refractivity contribution in [2.24, 2.45) is 5.92 Å². The molecule has 0 aromatic rings. The lowest BCUT2D eigenvalue weighted by atomic mass is 9.94. The molecule has 0 bridgehead atoms. The van der Waals surface area contributed by atoms with Gasteiger partial charge in [0.15, 0.2) is 0 Å². The van der Waals surface area contributed by atoms with Gasteiger partial charge in [-0.1, -0.05) is 13.3 Å². The Morgan fingerprint density at radius 3 is 2.68 bits per heavy atom. The largest absolute Gasteiger partial charge is 0.317 e. The van der Waals surface area contributed by atoms with Crippen LogP contribution < -0.4 is 5.32 Å². The molecule has 0 saturated carbocycles. The summed E-state index contributed by atoms with van der Waals surface area (Å²) in [5, 5.41) is 3.49. The van der Waals surface area contributed by atoms with Crippen molar-refractivity contribution in [2.45, 2.75) is 57.5 Å². The number of fused-ring (bicyclic) bond motifs is 1. The Balaban J connectivity index is 1.58. The van der Waals surface area contributed by atoms with E-state index in [1.807, 2.05) is 0 Å². The maximum absolute atomic E-state index is 3.49. The van der Waals surface area contributed by atoms with Gasteiger partial charge in [-0.15, -0.1) is 0 Å². The molecule has 3 aliphatic rings. The molecule has 3 heteroatoms. The average Bonchev–Trinajstić information content (AvgIpc) is 2.90. The van der Waals surface area contributed by atoms with Gasteiger partial charge in [-0.25, -0.2) is 0 Å². The maximum atomic E-state index is 3.49. The van der Waals surface area contributed by atoms with Crippen LogP contribution in [0.5, 0.6) is 0 Å². The zero-order valence-electron chi connectivity index (χ0n) is 12.6. The normalized spacial score (nSPS) is 33.8. The molecule has 2 atom stereocenters. The Morgan fingerprint density at radius 2 is 1.89 bits per heavy atom. The fourth-order valence-corrected chi connectivity index (χ4v) is 4.54. The SMILES string of the molecule is CCN(CC1CCNCC1)C1CCN2CCCCC12. The first kappa shape index (κ1) is 13.8. The van der Waals surface area contributed by atoms with Crippen molar-refractivity contribution in [3.05, 3.63) is 0 Å². The molecule has 110 valence electrons. The predicted octanol–water partition coefficient (Wildman–Crippen LogP) is 1.93. The van der Waals surface area contributed by atoms with E-state index in [1.165, 1.54) is 77.8 Å². The van der Waals surface area contributed by atoms with E-state index < -0.39 is 0 Å². The van der Waals surface area contributed by atoms with E-state index >= 15 is 0 Å². The van der Waals surface area contributed by atoms with Crippen LogP contribution in [0, 0.1) is 5.92 Å². The highest BCUT2D eigenvalue weighted by molar-refractivity contribution is 4.95. The van der Waals surface area contributed by atoms with E-state index in [4.69, 9.17) is 0 Å². The number of hydrogen-bond donors (Lipinski definition) is 1. The minimum Gasteiger partial charge on any atom is -0.317 e. The molecule has 0 amide bonds. The molecule has 3 fully saturated rings. The summed E-state index contributed by atoms with van der Waals surface area (Å²) in [5.41, 5.74) is 0. The molecule has 1 N–H and O–H groups in total. The number of nitrogens with one attached hydrogen (secondary N) is 1. The van der Waals surface area contributed by atoms with E-state index in [2.05, 4.69) is 22.0 Å². The number of likely N-dealkylation sites (N-methyl/N-ethyl adjacent to an activating group) is 1. The Labute approximate surface area is 118 Å². The van der Waals surface area contributed by atoms with Gasteiger partial charge in [0.05, 0.1) is 0 Å². The molecule has 0 aliphatic carbocycles.